The van der Waals surface area contributed by atoms with Gasteiger partial charge >= 0.3 is 0 Å². The second kappa shape index (κ2) is 14.3. The molecule has 0 atom stereocenters. The van der Waals surface area contributed by atoms with E-state index in [-0.39, 0.29) is 0 Å². The zero-order valence-electron chi connectivity index (χ0n) is 29.3. The molecule has 0 aromatic heterocycles. The molecule has 0 bridgehead atoms. The summed E-state index contributed by atoms with van der Waals surface area (Å²) in [7, 11) is 0. The van der Waals surface area contributed by atoms with E-state index < -0.39 is 0 Å². The summed E-state index contributed by atoms with van der Waals surface area (Å²) in [6.45, 7) is 0. The van der Waals surface area contributed by atoms with Gasteiger partial charge in [-0.2, -0.15) is 0 Å². The fourth-order valence-electron chi connectivity index (χ4n) is 7.50. The third kappa shape index (κ3) is 6.42. The summed E-state index contributed by atoms with van der Waals surface area (Å²) in [6, 6.07) is 80.7. The Morgan fingerprint density at radius 3 is 1.28 bits per heavy atom. The minimum Gasteiger partial charge on any atom is -0.311 e. The van der Waals surface area contributed by atoms with E-state index in [4.69, 9.17) is 0 Å². The average molecular weight is 676 g/mol. The summed E-state index contributed by atoms with van der Waals surface area (Å²) in [5.74, 6) is 0. The van der Waals surface area contributed by atoms with Crippen LogP contribution in [-0.4, -0.2) is 0 Å². The molecule has 0 aliphatic rings. The maximum atomic E-state index is 2.34. The molecule has 9 aromatic carbocycles. The minimum atomic E-state index is 1.10. The summed E-state index contributed by atoms with van der Waals surface area (Å²) in [4.78, 5) is 2.34. The molecule has 0 heterocycles. The molecule has 0 saturated heterocycles. The largest absolute Gasteiger partial charge is 0.311 e. The number of anilines is 3. The van der Waals surface area contributed by atoms with Crippen molar-refractivity contribution in [3.63, 3.8) is 0 Å². The van der Waals surface area contributed by atoms with Crippen molar-refractivity contribution < 1.29 is 0 Å². The molecular weight excluding hydrogens is 639 g/mol. The Kier molecular flexibility index (Phi) is 8.66. The number of hydrogen-bond acceptors (Lipinski definition) is 1. The molecule has 0 radical (unpaired) electrons. The highest BCUT2D eigenvalue weighted by molar-refractivity contribution is 6.04. The molecule has 1 heteroatoms. The van der Waals surface area contributed by atoms with Crippen LogP contribution in [0.2, 0.25) is 0 Å². The van der Waals surface area contributed by atoms with Gasteiger partial charge in [-0.25, -0.2) is 0 Å². The van der Waals surface area contributed by atoms with Crippen LogP contribution >= 0.6 is 0 Å². The SMILES string of the molecule is c1ccc(-c2ccc(-c3ccc(N(c4ccccc4)c4ccc(-c5c(-c6ccccc6)ccc6ccccc56)cc4)cc3)cc2-c2ccccc2)cc1. The van der Waals surface area contributed by atoms with E-state index in [1.165, 1.54) is 66.4 Å². The zero-order chi connectivity index (χ0) is 35.4. The van der Waals surface area contributed by atoms with Crippen molar-refractivity contribution >= 4 is 27.8 Å². The van der Waals surface area contributed by atoms with Gasteiger partial charge in [0.15, 0.2) is 0 Å². The second-order valence-electron chi connectivity index (χ2n) is 13.3. The first-order valence-corrected chi connectivity index (χ1v) is 18.2. The first-order valence-electron chi connectivity index (χ1n) is 18.2. The van der Waals surface area contributed by atoms with Gasteiger partial charge < -0.3 is 4.90 Å². The van der Waals surface area contributed by atoms with Gasteiger partial charge in [0.1, 0.15) is 0 Å². The Balaban J connectivity index is 1.10. The molecule has 0 amide bonds. The number of para-hydroxylation sites is 1. The molecule has 0 aliphatic carbocycles. The molecule has 0 aliphatic heterocycles. The maximum absolute atomic E-state index is 2.34. The van der Waals surface area contributed by atoms with Crippen molar-refractivity contribution in [3.8, 4) is 55.6 Å². The summed E-state index contributed by atoms with van der Waals surface area (Å²) in [5, 5.41) is 2.49. The Bertz CT molecular complexity index is 2610. The summed E-state index contributed by atoms with van der Waals surface area (Å²) < 4.78 is 0. The third-order valence-electron chi connectivity index (χ3n) is 10.1. The topological polar surface area (TPSA) is 3.24 Å². The molecule has 53 heavy (non-hydrogen) atoms. The highest BCUT2D eigenvalue weighted by Gasteiger charge is 2.16. The summed E-state index contributed by atoms with van der Waals surface area (Å²) in [6.07, 6.45) is 0. The molecule has 9 aromatic rings. The van der Waals surface area contributed by atoms with Crippen molar-refractivity contribution in [1.82, 2.24) is 0 Å². The predicted octanol–water partition coefficient (Wildman–Crippen LogP) is 14.6. The standard InChI is InChI=1S/C52H37N/c1-5-15-39(16-6-1)48-35-30-44(37-51(48)41-19-9-3-10-20-41)38-25-31-46(32-26-38)53(45-22-11-4-12-23-45)47-33-27-43(28-34-47)52-49-24-14-13-21-42(49)29-36-50(52)40-17-7-2-8-18-40/h1-37H. The lowest BCUT2D eigenvalue weighted by molar-refractivity contribution is 1.28. The van der Waals surface area contributed by atoms with Gasteiger partial charge in [0.05, 0.1) is 0 Å². The van der Waals surface area contributed by atoms with E-state index in [0.29, 0.717) is 0 Å². The Labute approximate surface area is 311 Å². The van der Waals surface area contributed by atoms with E-state index in [0.717, 1.165) is 17.1 Å². The quantitative estimate of drug-likeness (QED) is 0.155. The molecule has 0 unspecified atom stereocenters. The normalized spacial score (nSPS) is 11.0. The van der Waals surface area contributed by atoms with E-state index in [1.54, 1.807) is 0 Å². The Hall–Kier alpha value is -6.96. The number of benzene rings is 9. The summed E-state index contributed by atoms with van der Waals surface area (Å²) in [5.41, 5.74) is 15.5. The Morgan fingerprint density at radius 2 is 0.679 bits per heavy atom. The lowest BCUT2D eigenvalue weighted by atomic mass is 9.89. The zero-order valence-corrected chi connectivity index (χ0v) is 29.3. The van der Waals surface area contributed by atoms with E-state index in [9.17, 15) is 0 Å². The van der Waals surface area contributed by atoms with Crippen molar-refractivity contribution in [2.45, 2.75) is 0 Å². The van der Waals surface area contributed by atoms with Crippen LogP contribution < -0.4 is 4.90 Å². The number of hydrogen-bond donors (Lipinski definition) is 0. The summed E-state index contributed by atoms with van der Waals surface area (Å²) >= 11 is 0. The van der Waals surface area contributed by atoms with E-state index in [1.807, 2.05) is 0 Å². The van der Waals surface area contributed by atoms with Gasteiger partial charge in [0, 0.05) is 17.1 Å². The molecule has 0 saturated carbocycles. The molecular formula is C52H37N. The van der Waals surface area contributed by atoms with Gasteiger partial charge in [-0.1, -0.05) is 182 Å². The van der Waals surface area contributed by atoms with Gasteiger partial charge in [-0.05, 0) is 109 Å². The molecule has 9 rings (SSSR count). The fourth-order valence-corrected chi connectivity index (χ4v) is 7.50. The van der Waals surface area contributed by atoms with Gasteiger partial charge in [-0.15, -0.1) is 0 Å². The van der Waals surface area contributed by atoms with Gasteiger partial charge in [0.25, 0.3) is 0 Å². The highest BCUT2D eigenvalue weighted by Crippen LogP contribution is 2.42. The van der Waals surface area contributed by atoms with E-state index >= 15 is 0 Å². The van der Waals surface area contributed by atoms with Crippen LogP contribution in [0, 0.1) is 0 Å². The van der Waals surface area contributed by atoms with Gasteiger partial charge in [-0.3, -0.25) is 0 Å². The average Bonchev–Trinajstić information content (AvgIpc) is 3.25. The molecule has 250 valence electrons. The first kappa shape index (κ1) is 32.0. The van der Waals surface area contributed by atoms with Crippen LogP contribution in [0.5, 0.6) is 0 Å². The van der Waals surface area contributed by atoms with Crippen molar-refractivity contribution in [3.05, 3.63) is 224 Å². The lowest BCUT2D eigenvalue weighted by Gasteiger charge is -2.26. The first-order chi connectivity index (χ1) is 26.3. The molecule has 0 spiro atoms. The molecule has 0 fully saturated rings. The van der Waals surface area contributed by atoms with Crippen LogP contribution in [0.15, 0.2) is 224 Å². The second-order valence-corrected chi connectivity index (χ2v) is 13.3. The smallest absolute Gasteiger partial charge is 0.0462 e. The van der Waals surface area contributed by atoms with Crippen LogP contribution in [0.4, 0.5) is 17.1 Å². The monoisotopic (exact) mass is 675 g/mol. The van der Waals surface area contributed by atoms with Gasteiger partial charge in [0.2, 0.25) is 0 Å². The fraction of sp³-hybridized carbons (Fsp3) is 0. The predicted molar refractivity (Wildman–Crippen MR) is 226 cm³/mol. The van der Waals surface area contributed by atoms with Crippen molar-refractivity contribution in [2.75, 3.05) is 4.90 Å². The lowest BCUT2D eigenvalue weighted by Crippen LogP contribution is -2.09. The van der Waals surface area contributed by atoms with Crippen molar-refractivity contribution in [2.24, 2.45) is 0 Å². The van der Waals surface area contributed by atoms with Crippen LogP contribution in [-0.2, 0) is 0 Å². The molecule has 0 N–H and O–H groups in total. The highest BCUT2D eigenvalue weighted by atomic mass is 15.1. The van der Waals surface area contributed by atoms with Crippen molar-refractivity contribution in [1.29, 1.82) is 0 Å². The van der Waals surface area contributed by atoms with Crippen LogP contribution in [0.1, 0.15) is 0 Å². The third-order valence-corrected chi connectivity index (χ3v) is 10.1. The molecule has 1 nitrogen and oxygen atoms in total. The number of nitrogens with zero attached hydrogens (tertiary/aromatic N) is 1. The minimum absolute atomic E-state index is 1.10. The number of fused-ring (bicyclic) bond motifs is 1. The number of rotatable bonds is 8. The van der Waals surface area contributed by atoms with Crippen LogP contribution in [0.25, 0.3) is 66.4 Å². The maximum Gasteiger partial charge on any atom is 0.0462 e. The Morgan fingerprint density at radius 1 is 0.245 bits per heavy atom. The van der Waals surface area contributed by atoms with Crippen LogP contribution in [0.3, 0.4) is 0 Å². The van der Waals surface area contributed by atoms with E-state index in [2.05, 4.69) is 229 Å².